The molecule has 4 nitrogen and oxygen atoms in total. The van der Waals surface area contributed by atoms with Crippen molar-refractivity contribution in [1.82, 2.24) is 5.32 Å². The molecule has 4 heteroatoms. The number of hydrogen-bond acceptors (Lipinski definition) is 3. The summed E-state index contributed by atoms with van der Waals surface area (Å²) in [6, 6.07) is 15.4. The molecule has 2 rings (SSSR count). The molecule has 21 heavy (non-hydrogen) atoms. The molecule has 0 radical (unpaired) electrons. The highest BCUT2D eigenvalue weighted by molar-refractivity contribution is 5.78. The van der Waals surface area contributed by atoms with Crippen molar-refractivity contribution in [3.8, 4) is 5.75 Å². The maximum atomic E-state index is 11.9. The summed E-state index contributed by atoms with van der Waals surface area (Å²) in [6.07, 6.45) is 0.376. The van der Waals surface area contributed by atoms with Crippen LogP contribution in [0, 0.1) is 0 Å². The summed E-state index contributed by atoms with van der Waals surface area (Å²) in [5, 5.41) is 2.91. The molecule has 1 amide bonds. The molecule has 0 unspecified atom stereocenters. The van der Waals surface area contributed by atoms with Gasteiger partial charge in [-0.25, -0.2) is 0 Å². The molecule has 0 fully saturated rings. The van der Waals surface area contributed by atoms with E-state index in [4.69, 9.17) is 10.5 Å². The molecule has 0 aliphatic rings. The molecule has 2 aromatic carbocycles. The van der Waals surface area contributed by atoms with Crippen molar-refractivity contribution in [1.29, 1.82) is 0 Å². The van der Waals surface area contributed by atoms with Gasteiger partial charge >= 0.3 is 0 Å². The van der Waals surface area contributed by atoms with Gasteiger partial charge in [0.15, 0.2) is 0 Å². The van der Waals surface area contributed by atoms with E-state index in [-0.39, 0.29) is 5.91 Å². The lowest BCUT2D eigenvalue weighted by molar-refractivity contribution is -0.120. The first kappa shape index (κ1) is 15.1. The smallest absolute Gasteiger partial charge is 0.224 e. The molecule has 0 aromatic heterocycles. The number of rotatable bonds is 6. The van der Waals surface area contributed by atoms with Crippen LogP contribution in [0.2, 0.25) is 0 Å². The summed E-state index contributed by atoms with van der Waals surface area (Å²) in [5.74, 6) is 0.816. The highest BCUT2D eigenvalue weighted by Crippen LogP contribution is 2.11. The van der Waals surface area contributed by atoms with E-state index in [1.54, 1.807) is 7.11 Å². The summed E-state index contributed by atoms with van der Waals surface area (Å²) in [6.45, 7) is 1.04. The average Bonchev–Trinajstić information content (AvgIpc) is 2.54. The van der Waals surface area contributed by atoms with Crippen molar-refractivity contribution in [3.05, 3.63) is 65.2 Å². The van der Waals surface area contributed by atoms with Crippen LogP contribution in [-0.4, -0.2) is 13.0 Å². The van der Waals surface area contributed by atoms with Crippen molar-refractivity contribution >= 4 is 5.91 Å². The van der Waals surface area contributed by atoms with E-state index in [9.17, 15) is 4.79 Å². The SMILES string of the molecule is COc1ccc(CNC(=O)Cc2ccc(CN)cc2)cc1. The zero-order chi connectivity index (χ0) is 15.1. The number of nitrogens with two attached hydrogens (primary N) is 1. The number of hydrogen-bond donors (Lipinski definition) is 2. The molecule has 110 valence electrons. The second kappa shape index (κ2) is 7.45. The highest BCUT2D eigenvalue weighted by Gasteiger charge is 2.03. The number of nitrogens with one attached hydrogen (secondary N) is 1. The van der Waals surface area contributed by atoms with Gasteiger partial charge in [0.05, 0.1) is 13.5 Å². The summed E-state index contributed by atoms with van der Waals surface area (Å²) < 4.78 is 5.10. The average molecular weight is 284 g/mol. The largest absolute Gasteiger partial charge is 0.497 e. The quantitative estimate of drug-likeness (QED) is 0.853. The van der Waals surface area contributed by atoms with Crippen molar-refractivity contribution in [2.45, 2.75) is 19.5 Å². The molecule has 0 saturated carbocycles. The number of methoxy groups -OCH3 is 1. The first-order chi connectivity index (χ1) is 10.2. The van der Waals surface area contributed by atoms with E-state index in [1.165, 1.54) is 0 Å². The predicted molar refractivity (Wildman–Crippen MR) is 82.9 cm³/mol. The Labute approximate surface area is 124 Å². The summed E-state index contributed by atoms with van der Waals surface area (Å²) >= 11 is 0. The standard InChI is InChI=1S/C17H20N2O2/c1-21-16-8-6-15(7-9-16)12-19-17(20)10-13-2-4-14(11-18)5-3-13/h2-9H,10-12,18H2,1H3,(H,19,20). The molecule has 0 spiro atoms. The Morgan fingerprint density at radius 1 is 1.00 bits per heavy atom. The van der Waals surface area contributed by atoms with Crippen molar-refractivity contribution < 1.29 is 9.53 Å². The van der Waals surface area contributed by atoms with Gasteiger partial charge in [0.1, 0.15) is 5.75 Å². The highest BCUT2D eigenvalue weighted by atomic mass is 16.5. The fraction of sp³-hybridized carbons (Fsp3) is 0.235. The number of carbonyl (C=O) groups is 1. The second-order valence-corrected chi connectivity index (χ2v) is 4.82. The third kappa shape index (κ3) is 4.61. The first-order valence-corrected chi connectivity index (χ1v) is 6.89. The second-order valence-electron chi connectivity index (χ2n) is 4.82. The Morgan fingerprint density at radius 2 is 1.57 bits per heavy atom. The zero-order valence-corrected chi connectivity index (χ0v) is 12.1. The lowest BCUT2D eigenvalue weighted by atomic mass is 10.1. The summed E-state index contributed by atoms with van der Waals surface area (Å²) in [7, 11) is 1.63. The number of ether oxygens (including phenoxy) is 1. The van der Waals surface area contributed by atoms with Crippen LogP contribution < -0.4 is 15.8 Å². The van der Waals surface area contributed by atoms with Crippen LogP contribution in [0.1, 0.15) is 16.7 Å². The van der Waals surface area contributed by atoms with Gasteiger partial charge < -0.3 is 15.8 Å². The van der Waals surface area contributed by atoms with Gasteiger partial charge in [0, 0.05) is 13.1 Å². The number of carbonyl (C=O) groups excluding carboxylic acids is 1. The number of benzene rings is 2. The van der Waals surface area contributed by atoms with E-state index in [0.717, 1.165) is 22.4 Å². The van der Waals surface area contributed by atoms with Gasteiger partial charge in [-0.15, -0.1) is 0 Å². The van der Waals surface area contributed by atoms with Gasteiger partial charge in [-0.2, -0.15) is 0 Å². The fourth-order valence-corrected chi connectivity index (χ4v) is 1.99. The van der Waals surface area contributed by atoms with E-state index in [2.05, 4.69) is 5.32 Å². The van der Waals surface area contributed by atoms with Crippen molar-refractivity contribution in [2.75, 3.05) is 7.11 Å². The molecule has 0 saturated heterocycles. The van der Waals surface area contributed by atoms with Gasteiger partial charge in [-0.1, -0.05) is 36.4 Å². The molecule has 2 aromatic rings. The molecule has 3 N–H and O–H groups in total. The third-order valence-electron chi connectivity index (χ3n) is 3.27. The van der Waals surface area contributed by atoms with E-state index in [0.29, 0.717) is 19.5 Å². The molecular weight excluding hydrogens is 264 g/mol. The Balaban J connectivity index is 1.83. The van der Waals surface area contributed by atoms with E-state index < -0.39 is 0 Å². The van der Waals surface area contributed by atoms with Crippen LogP contribution in [-0.2, 0) is 24.3 Å². The maximum Gasteiger partial charge on any atom is 0.224 e. The lowest BCUT2D eigenvalue weighted by Gasteiger charge is -2.07. The molecule has 0 atom stereocenters. The summed E-state index contributed by atoms with van der Waals surface area (Å²) in [4.78, 5) is 11.9. The van der Waals surface area contributed by atoms with Crippen LogP contribution in [0.5, 0.6) is 5.75 Å². The van der Waals surface area contributed by atoms with Gasteiger partial charge in [-0.05, 0) is 28.8 Å². The van der Waals surface area contributed by atoms with Gasteiger partial charge in [0.25, 0.3) is 0 Å². The minimum Gasteiger partial charge on any atom is -0.497 e. The molecule has 0 bridgehead atoms. The molecule has 0 aliphatic carbocycles. The van der Waals surface area contributed by atoms with Crippen LogP contribution in [0.15, 0.2) is 48.5 Å². The van der Waals surface area contributed by atoms with Crippen LogP contribution in [0.3, 0.4) is 0 Å². The minimum absolute atomic E-state index is 0.00585. The maximum absolute atomic E-state index is 11.9. The van der Waals surface area contributed by atoms with Crippen molar-refractivity contribution in [3.63, 3.8) is 0 Å². The van der Waals surface area contributed by atoms with Gasteiger partial charge in [0.2, 0.25) is 5.91 Å². The van der Waals surface area contributed by atoms with E-state index >= 15 is 0 Å². The van der Waals surface area contributed by atoms with Crippen molar-refractivity contribution in [2.24, 2.45) is 5.73 Å². The first-order valence-electron chi connectivity index (χ1n) is 6.89. The predicted octanol–water partition coefficient (Wildman–Crippen LogP) is 2.01. The Bertz CT molecular complexity index is 577. The Kier molecular flexibility index (Phi) is 5.35. The van der Waals surface area contributed by atoms with Crippen LogP contribution >= 0.6 is 0 Å². The van der Waals surface area contributed by atoms with Gasteiger partial charge in [-0.3, -0.25) is 4.79 Å². The summed E-state index contributed by atoms with van der Waals surface area (Å²) in [5.41, 5.74) is 8.64. The van der Waals surface area contributed by atoms with Crippen LogP contribution in [0.25, 0.3) is 0 Å². The van der Waals surface area contributed by atoms with Crippen LogP contribution in [0.4, 0.5) is 0 Å². The Hall–Kier alpha value is -2.33. The fourth-order valence-electron chi connectivity index (χ4n) is 1.99. The molecule has 0 aliphatic heterocycles. The van der Waals surface area contributed by atoms with E-state index in [1.807, 2.05) is 48.5 Å². The zero-order valence-electron chi connectivity index (χ0n) is 12.1. The number of amides is 1. The molecular formula is C17H20N2O2. The normalized spacial score (nSPS) is 10.2. The Morgan fingerprint density at radius 3 is 2.14 bits per heavy atom. The third-order valence-corrected chi connectivity index (χ3v) is 3.27. The lowest BCUT2D eigenvalue weighted by Crippen LogP contribution is -2.24. The molecule has 0 heterocycles. The monoisotopic (exact) mass is 284 g/mol. The topological polar surface area (TPSA) is 64.3 Å². The minimum atomic E-state index is 0.00585.